The van der Waals surface area contributed by atoms with Gasteiger partial charge in [0.2, 0.25) is 0 Å². The van der Waals surface area contributed by atoms with Crippen molar-refractivity contribution in [3.8, 4) is 0 Å². The second-order valence-corrected chi connectivity index (χ2v) is 6.41. The van der Waals surface area contributed by atoms with Crippen LogP contribution < -0.4 is 5.73 Å². The number of piperazine rings is 1. The van der Waals surface area contributed by atoms with E-state index in [1.165, 1.54) is 38.9 Å². The van der Waals surface area contributed by atoms with E-state index in [4.69, 9.17) is 10.5 Å². The van der Waals surface area contributed by atoms with Crippen LogP contribution in [0.4, 0.5) is 0 Å². The zero-order chi connectivity index (χ0) is 12.5. The molecule has 3 aliphatic rings. The van der Waals surface area contributed by atoms with E-state index in [1.54, 1.807) is 0 Å². The average Bonchev–Trinajstić information content (AvgIpc) is 2.76. The van der Waals surface area contributed by atoms with Crippen LogP contribution in [0.2, 0.25) is 0 Å². The third-order valence-electron chi connectivity index (χ3n) is 5.03. The van der Waals surface area contributed by atoms with Crippen molar-refractivity contribution in [2.24, 2.45) is 11.7 Å². The Balaban J connectivity index is 1.58. The fraction of sp³-hybridized carbons (Fsp3) is 1.00. The van der Waals surface area contributed by atoms with E-state index in [2.05, 4.69) is 16.7 Å². The molecule has 4 atom stereocenters. The minimum atomic E-state index is 0.251. The van der Waals surface area contributed by atoms with Crippen LogP contribution in [0.25, 0.3) is 0 Å². The summed E-state index contributed by atoms with van der Waals surface area (Å²) in [5.74, 6) is 0.544. The molecule has 0 saturated carbocycles. The Hall–Kier alpha value is -0.160. The standard InChI is InChI=1S/C14H27N3O/c1-11-6-16-5-3-2-4-13(16)8-17(11)7-12-9-18-10-14(12)15/h11-14H,2-10,15H2,1H3. The molecule has 0 aromatic carbocycles. The van der Waals surface area contributed by atoms with E-state index in [0.29, 0.717) is 12.0 Å². The fourth-order valence-electron chi connectivity index (χ4n) is 3.77. The molecule has 18 heavy (non-hydrogen) atoms. The van der Waals surface area contributed by atoms with Crippen LogP contribution in [0, 0.1) is 5.92 Å². The van der Waals surface area contributed by atoms with E-state index in [9.17, 15) is 0 Å². The lowest BCUT2D eigenvalue weighted by Crippen LogP contribution is -2.59. The van der Waals surface area contributed by atoms with Gasteiger partial charge in [-0.05, 0) is 26.3 Å². The molecule has 3 aliphatic heterocycles. The molecule has 4 nitrogen and oxygen atoms in total. The van der Waals surface area contributed by atoms with Crippen molar-refractivity contribution in [1.82, 2.24) is 9.80 Å². The molecular weight excluding hydrogens is 226 g/mol. The van der Waals surface area contributed by atoms with Gasteiger partial charge in [0.05, 0.1) is 13.2 Å². The molecule has 104 valence electrons. The molecule has 0 spiro atoms. The van der Waals surface area contributed by atoms with Gasteiger partial charge < -0.3 is 10.5 Å². The summed E-state index contributed by atoms with van der Waals surface area (Å²) in [6, 6.07) is 1.72. The molecule has 0 radical (unpaired) electrons. The highest BCUT2D eigenvalue weighted by molar-refractivity contribution is 4.91. The van der Waals surface area contributed by atoms with Gasteiger partial charge in [-0.2, -0.15) is 0 Å². The molecule has 3 fully saturated rings. The summed E-state index contributed by atoms with van der Waals surface area (Å²) in [5, 5.41) is 0. The summed E-state index contributed by atoms with van der Waals surface area (Å²) in [6.07, 6.45) is 4.19. The summed E-state index contributed by atoms with van der Waals surface area (Å²) in [6.45, 7) is 8.91. The fourth-order valence-corrected chi connectivity index (χ4v) is 3.77. The maximum absolute atomic E-state index is 6.11. The first-order valence-electron chi connectivity index (χ1n) is 7.55. The van der Waals surface area contributed by atoms with Crippen molar-refractivity contribution in [2.75, 3.05) is 39.4 Å². The lowest BCUT2D eigenvalue weighted by atomic mass is 9.95. The van der Waals surface area contributed by atoms with Gasteiger partial charge in [-0.3, -0.25) is 9.80 Å². The van der Waals surface area contributed by atoms with Gasteiger partial charge in [0.25, 0.3) is 0 Å². The van der Waals surface area contributed by atoms with Gasteiger partial charge in [0, 0.05) is 43.7 Å². The molecule has 0 aliphatic carbocycles. The van der Waals surface area contributed by atoms with Crippen LogP contribution in [0.5, 0.6) is 0 Å². The van der Waals surface area contributed by atoms with Crippen molar-refractivity contribution in [3.05, 3.63) is 0 Å². The monoisotopic (exact) mass is 253 g/mol. The Labute approximate surface area is 110 Å². The Morgan fingerprint density at radius 3 is 2.89 bits per heavy atom. The molecule has 2 N–H and O–H groups in total. The molecule has 0 amide bonds. The van der Waals surface area contributed by atoms with Gasteiger partial charge >= 0.3 is 0 Å². The average molecular weight is 253 g/mol. The normalized spacial score (nSPS) is 43.0. The third-order valence-corrected chi connectivity index (χ3v) is 5.03. The predicted octanol–water partition coefficient (Wildman–Crippen LogP) is 0.519. The highest BCUT2D eigenvalue weighted by Gasteiger charge is 2.35. The molecule has 3 heterocycles. The molecule has 4 heteroatoms. The number of hydrogen-bond acceptors (Lipinski definition) is 4. The number of fused-ring (bicyclic) bond motifs is 1. The van der Waals surface area contributed by atoms with Gasteiger partial charge in [-0.1, -0.05) is 6.42 Å². The number of nitrogens with zero attached hydrogens (tertiary/aromatic N) is 2. The first-order valence-corrected chi connectivity index (χ1v) is 7.55. The maximum Gasteiger partial charge on any atom is 0.0621 e. The summed E-state index contributed by atoms with van der Waals surface area (Å²) in [7, 11) is 0. The van der Waals surface area contributed by atoms with Crippen LogP contribution >= 0.6 is 0 Å². The molecule has 3 rings (SSSR count). The topological polar surface area (TPSA) is 41.7 Å². The number of ether oxygens (including phenoxy) is 1. The number of piperidine rings is 1. The predicted molar refractivity (Wildman–Crippen MR) is 72.5 cm³/mol. The molecule has 4 unspecified atom stereocenters. The van der Waals surface area contributed by atoms with Crippen molar-refractivity contribution < 1.29 is 4.74 Å². The van der Waals surface area contributed by atoms with Gasteiger partial charge in [-0.25, -0.2) is 0 Å². The first-order chi connectivity index (χ1) is 8.74. The Morgan fingerprint density at radius 2 is 2.11 bits per heavy atom. The SMILES string of the molecule is CC1CN2CCCCC2CN1CC1COCC1N. The summed E-state index contributed by atoms with van der Waals surface area (Å²) in [4.78, 5) is 5.36. The Bertz CT molecular complexity index is 286. The molecule has 3 saturated heterocycles. The second kappa shape index (κ2) is 5.45. The molecule has 0 bridgehead atoms. The minimum Gasteiger partial charge on any atom is -0.379 e. The van der Waals surface area contributed by atoms with E-state index >= 15 is 0 Å². The summed E-state index contributed by atoms with van der Waals surface area (Å²) >= 11 is 0. The van der Waals surface area contributed by atoms with E-state index in [1.807, 2.05) is 0 Å². The second-order valence-electron chi connectivity index (χ2n) is 6.41. The van der Waals surface area contributed by atoms with E-state index in [-0.39, 0.29) is 6.04 Å². The molecule has 0 aromatic rings. The van der Waals surface area contributed by atoms with E-state index < -0.39 is 0 Å². The maximum atomic E-state index is 6.11. The lowest BCUT2D eigenvalue weighted by Gasteiger charge is -2.48. The van der Waals surface area contributed by atoms with Crippen molar-refractivity contribution in [1.29, 1.82) is 0 Å². The summed E-state index contributed by atoms with van der Waals surface area (Å²) < 4.78 is 5.49. The van der Waals surface area contributed by atoms with Crippen LogP contribution in [0.3, 0.4) is 0 Å². The lowest BCUT2D eigenvalue weighted by molar-refractivity contribution is 0.00628. The highest BCUT2D eigenvalue weighted by Crippen LogP contribution is 2.25. The van der Waals surface area contributed by atoms with Crippen LogP contribution in [0.15, 0.2) is 0 Å². The smallest absolute Gasteiger partial charge is 0.0621 e. The van der Waals surface area contributed by atoms with Gasteiger partial charge in [0.1, 0.15) is 0 Å². The van der Waals surface area contributed by atoms with Crippen molar-refractivity contribution in [3.63, 3.8) is 0 Å². The van der Waals surface area contributed by atoms with Crippen molar-refractivity contribution in [2.45, 2.75) is 44.3 Å². The molecule has 0 aromatic heterocycles. The first kappa shape index (κ1) is 12.9. The molecular formula is C14H27N3O. The zero-order valence-corrected chi connectivity index (χ0v) is 11.6. The highest BCUT2D eigenvalue weighted by atomic mass is 16.5. The Kier molecular flexibility index (Phi) is 3.89. The van der Waals surface area contributed by atoms with E-state index in [0.717, 1.165) is 25.8 Å². The van der Waals surface area contributed by atoms with Crippen LogP contribution in [-0.4, -0.2) is 67.3 Å². The van der Waals surface area contributed by atoms with Crippen LogP contribution in [-0.2, 0) is 4.74 Å². The number of hydrogen-bond donors (Lipinski definition) is 1. The third kappa shape index (κ3) is 2.57. The van der Waals surface area contributed by atoms with Gasteiger partial charge in [-0.15, -0.1) is 0 Å². The number of rotatable bonds is 2. The number of nitrogens with two attached hydrogens (primary N) is 1. The largest absolute Gasteiger partial charge is 0.379 e. The minimum absolute atomic E-state index is 0.251. The summed E-state index contributed by atoms with van der Waals surface area (Å²) in [5.41, 5.74) is 6.11. The van der Waals surface area contributed by atoms with Crippen molar-refractivity contribution >= 4 is 0 Å². The zero-order valence-electron chi connectivity index (χ0n) is 11.6. The van der Waals surface area contributed by atoms with Crippen LogP contribution in [0.1, 0.15) is 26.2 Å². The van der Waals surface area contributed by atoms with Gasteiger partial charge in [0.15, 0.2) is 0 Å². The quantitative estimate of drug-likeness (QED) is 0.779. The Morgan fingerprint density at radius 1 is 1.22 bits per heavy atom.